The summed E-state index contributed by atoms with van der Waals surface area (Å²) < 4.78 is 54.3. The number of benzene rings is 1. The van der Waals surface area contributed by atoms with Gasteiger partial charge in [-0.3, -0.25) is 0 Å². The van der Waals surface area contributed by atoms with Gasteiger partial charge >= 0.3 is 12.3 Å². The molecule has 18 heavy (non-hydrogen) atoms. The Kier molecular flexibility index (Phi) is 4.95. The third-order valence-electron chi connectivity index (χ3n) is 2.56. The molecule has 0 aliphatic rings. The Morgan fingerprint density at radius 1 is 1.28 bits per heavy atom. The predicted octanol–water partition coefficient (Wildman–Crippen LogP) is 3.25. The fourth-order valence-corrected chi connectivity index (χ4v) is 1.36. The topological polar surface area (TPSA) is 21.3 Å². The Balaban J connectivity index is 2.79. The predicted molar refractivity (Wildman–Crippen MR) is 60.4 cm³/mol. The van der Waals surface area contributed by atoms with E-state index in [1.165, 1.54) is 6.07 Å². The van der Waals surface area contributed by atoms with Crippen LogP contribution in [0.3, 0.4) is 0 Å². The summed E-state index contributed by atoms with van der Waals surface area (Å²) in [5.74, 6) is -3.96. The lowest BCUT2D eigenvalue weighted by Crippen LogP contribution is -2.34. The monoisotopic (exact) mass is 265 g/mol. The molecule has 0 amide bonds. The number of alkyl halides is 4. The maximum atomic E-state index is 12.8. The number of nitrogens with one attached hydrogen (secondary N) is 1. The number of para-hydroxylation sites is 1. The van der Waals surface area contributed by atoms with Crippen LogP contribution in [0.5, 0.6) is 5.75 Å². The normalized spacial score (nSPS) is 13.7. The minimum atomic E-state index is -4.14. The Morgan fingerprint density at radius 2 is 1.89 bits per heavy atom. The lowest BCUT2D eigenvalue weighted by atomic mass is 10.1. The highest BCUT2D eigenvalue weighted by atomic mass is 19.3. The maximum absolute atomic E-state index is 12.8. The largest absolute Gasteiger partial charge is 0.487 e. The second-order valence-corrected chi connectivity index (χ2v) is 3.90. The fourth-order valence-electron chi connectivity index (χ4n) is 1.36. The Hall–Kier alpha value is -1.30. The van der Waals surface area contributed by atoms with Gasteiger partial charge in [0.05, 0.1) is 0 Å². The molecule has 0 spiro atoms. The van der Waals surface area contributed by atoms with Crippen LogP contribution in [0.2, 0.25) is 0 Å². The summed E-state index contributed by atoms with van der Waals surface area (Å²) >= 11 is 0. The molecule has 0 aliphatic heterocycles. The van der Waals surface area contributed by atoms with Crippen molar-refractivity contribution in [2.45, 2.75) is 25.3 Å². The van der Waals surface area contributed by atoms with E-state index in [2.05, 4.69) is 5.32 Å². The van der Waals surface area contributed by atoms with E-state index < -0.39 is 19.0 Å². The van der Waals surface area contributed by atoms with Crippen molar-refractivity contribution in [3.63, 3.8) is 0 Å². The number of hydrogen-bond acceptors (Lipinski definition) is 2. The van der Waals surface area contributed by atoms with Gasteiger partial charge < -0.3 is 10.1 Å². The average Bonchev–Trinajstić information content (AvgIpc) is 2.35. The first-order valence-electron chi connectivity index (χ1n) is 5.43. The van der Waals surface area contributed by atoms with Crippen LogP contribution in [-0.2, 0) is 0 Å². The molecule has 6 heteroatoms. The van der Waals surface area contributed by atoms with E-state index >= 15 is 0 Å². The van der Waals surface area contributed by atoms with E-state index in [1.807, 2.05) is 6.92 Å². The van der Waals surface area contributed by atoms with Crippen molar-refractivity contribution in [1.82, 2.24) is 5.32 Å². The molecule has 1 aromatic carbocycles. The van der Waals surface area contributed by atoms with Gasteiger partial charge in [0.25, 0.3) is 0 Å². The van der Waals surface area contributed by atoms with Crippen LogP contribution in [0, 0.1) is 0 Å². The molecule has 0 aliphatic carbocycles. The van der Waals surface area contributed by atoms with Crippen LogP contribution in [0.4, 0.5) is 17.6 Å². The van der Waals surface area contributed by atoms with Gasteiger partial charge in [-0.25, -0.2) is 8.78 Å². The molecule has 0 radical (unpaired) electrons. The lowest BCUT2D eigenvalue weighted by molar-refractivity contribution is -0.148. The second-order valence-electron chi connectivity index (χ2n) is 3.90. The van der Waals surface area contributed by atoms with Crippen LogP contribution in [-0.4, -0.2) is 26.0 Å². The summed E-state index contributed by atoms with van der Waals surface area (Å²) in [6.07, 6.45) is -3.73. The Labute approximate surface area is 103 Å². The van der Waals surface area contributed by atoms with Crippen molar-refractivity contribution in [3.05, 3.63) is 29.8 Å². The van der Waals surface area contributed by atoms with Crippen molar-refractivity contribution in [3.8, 4) is 5.75 Å². The van der Waals surface area contributed by atoms with Gasteiger partial charge in [0.2, 0.25) is 0 Å². The smallest absolute Gasteiger partial charge is 0.340 e. The summed E-state index contributed by atoms with van der Waals surface area (Å²) in [4.78, 5) is 0. The standard InChI is InChI=1S/C12H15F4NO/c1-8(17-2)9-5-3-4-6-10(9)18-7-12(15,16)11(13)14/h3-6,8,11,17H,7H2,1-2H3. The highest BCUT2D eigenvalue weighted by molar-refractivity contribution is 5.35. The third kappa shape index (κ3) is 3.60. The van der Waals surface area contributed by atoms with Crippen molar-refractivity contribution < 1.29 is 22.3 Å². The number of ether oxygens (including phenoxy) is 1. The van der Waals surface area contributed by atoms with E-state index in [0.717, 1.165) is 0 Å². The van der Waals surface area contributed by atoms with E-state index in [-0.39, 0.29) is 11.8 Å². The zero-order valence-corrected chi connectivity index (χ0v) is 10.1. The maximum Gasteiger partial charge on any atom is 0.340 e. The molecule has 0 fully saturated rings. The number of rotatable bonds is 6. The summed E-state index contributed by atoms with van der Waals surface area (Å²) in [6.45, 7) is 0.478. The van der Waals surface area contributed by atoms with Gasteiger partial charge in [0, 0.05) is 11.6 Å². The minimum absolute atomic E-state index is 0.124. The van der Waals surface area contributed by atoms with Crippen LogP contribution in [0.15, 0.2) is 24.3 Å². The quantitative estimate of drug-likeness (QED) is 0.797. The molecular weight excluding hydrogens is 250 g/mol. The molecule has 0 saturated carbocycles. The zero-order chi connectivity index (χ0) is 13.8. The molecule has 1 atom stereocenters. The summed E-state index contributed by atoms with van der Waals surface area (Å²) in [6, 6.07) is 6.37. The van der Waals surface area contributed by atoms with Crippen molar-refractivity contribution in [2.24, 2.45) is 0 Å². The lowest BCUT2D eigenvalue weighted by Gasteiger charge is -2.19. The van der Waals surface area contributed by atoms with Gasteiger partial charge in [0.1, 0.15) is 5.75 Å². The van der Waals surface area contributed by atoms with Gasteiger partial charge in [-0.1, -0.05) is 18.2 Å². The molecule has 1 rings (SSSR count). The highest BCUT2D eigenvalue weighted by Crippen LogP contribution is 2.28. The molecule has 0 saturated heterocycles. The number of halogens is 4. The van der Waals surface area contributed by atoms with Crippen molar-refractivity contribution in [1.29, 1.82) is 0 Å². The minimum Gasteiger partial charge on any atom is -0.487 e. The van der Waals surface area contributed by atoms with Crippen LogP contribution in [0.1, 0.15) is 18.5 Å². The SMILES string of the molecule is CNC(C)c1ccccc1OCC(F)(F)C(F)F. The molecule has 0 heterocycles. The van der Waals surface area contributed by atoms with Crippen molar-refractivity contribution in [2.75, 3.05) is 13.7 Å². The summed E-state index contributed by atoms with van der Waals surface area (Å²) in [5.41, 5.74) is 0.644. The van der Waals surface area contributed by atoms with Gasteiger partial charge in [-0.2, -0.15) is 8.78 Å². The molecule has 102 valence electrons. The number of hydrogen-bond donors (Lipinski definition) is 1. The molecule has 1 N–H and O–H groups in total. The van der Waals surface area contributed by atoms with E-state index in [0.29, 0.717) is 5.56 Å². The third-order valence-corrected chi connectivity index (χ3v) is 2.56. The van der Waals surface area contributed by atoms with Crippen LogP contribution < -0.4 is 10.1 Å². The Morgan fingerprint density at radius 3 is 2.44 bits per heavy atom. The molecule has 1 unspecified atom stereocenters. The average molecular weight is 265 g/mol. The van der Waals surface area contributed by atoms with Gasteiger partial charge in [-0.15, -0.1) is 0 Å². The van der Waals surface area contributed by atoms with Crippen molar-refractivity contribution >= 4 is 0 Å². The molecular formula is C12H15F4NO. The second kappa shape index (κ2) is 6.04. The van der Waals surface area contributed by atoms with E-state index in [9.17, 15) is 17.6 Å². The summed E-state index contributed by atoms with van der Waals surface area (Å²) in [5, 5.41) is 2.93. The van der Waals surface area contributed by atoms with E-state index in [1.54, 1.807) is 25.2 Å². The van der Waals surface area contributed by atoms with E-state index in [4.69, 9.17) is 4.74 Å². The van der Waals surface area contributed by atoms with Gasteiger partial charge in [0.15, 0.2) is 6.61 Å². The molecule has 0 bridgehead atoms. The molecule has 2 nitrogen and oxygen atoms in total. The fraction of sp³-hybridized carbons (Fsp3) is 0.500. The first-order valence-corrected chi connectivity index (χ1v) is 5.43. The van der Waals surface area contributed by atoms with Crippen LogP contribution >= 0.6 is 0 Å². The van der Waals surface area contributed by atoms with Crippen LogP contribution in [0.25, 0.3) is 0 Å². The van der Waals surface area contributed by atoms with Gasteiger partial charge in [-0.05, 0) is 20.0 Å². The summed E-state index contributed by atoms with van der Waals surface area (Å²) in [7, 11) is 1.70. The first kappa shape index (κ1) is 14.8. The molecule has 1 aromatic rings. The molecule has 0 aromatic heterocycles. The zero-order valence-electron chi connectivity index (χ0n) is 10.1. The highest BCUT2D eigenvalue weighted by Gasteiger charge is 2.41. The Bertz CT molecular complexity index is 384. The first-order chi connectivity index (χ1) is 8.38.